The molecule has 0 saturated heterocycles. The first kappa shape index (κ1) is 13.9. The molecule has 0 aliphatic carbocycles. The third-order valence-corrected chi connectivity index (χ3v) is 3.09. The molecular formula is C13H20N2OS. The van der Waals surface area contributed by atoms with Gasteiger partial charge in [0.05, 0.1) is 0 Å². The van der Waals surface area contributed by atoms with E-state index >= 15 is 0 Å². The number of carbonyl (C=O) groups excluding carboxylic acids is 1. The summed E-state index contributed by atoms with van der Waals surface area (Å²) >= 11 is 1.86. The molecule has 1 N–H and O–H groups in total. The number of benzene rings is 1. The van der Waals surface area contributed by atoms with E-state index in [2.05, 4.69) is 11.6 Å². The number of nitrogens with one attached hydrogen (secondary N) is 1. The standard InChI is InChI=1S/C13H20N2OS/c1-15(2)13(16)11-5-7-12(8-6-11)14-9-4-10-17-3/h5-8,14H,4,9-10H2,1-3H3. The molecule has 94 valence electrons. The van der Waals surface area contributed by atoms with E-state index in [0.717, 1.165) is 24.2 Å². The Labute approximate surface area is 108 Å². The topological polar surface area (TPSA) is 32.3 Å². The number of amides is 1. The highest BCUT2D eigenvalue weighted by molar-refractivity contribution is 7.98. The SMILES string of the molecule is CSCCCNc1ccc(C(=O)N(C)C)cc1. The van der Waals surface area contributed by atoms with Gasteiger partial charge < -0.3 is 10.2 Å². The Hall–Kier alpha value is -1.16. The van der Waals surface area contributed by atoms with Gasteiger partial charge in [0.25, 0.3) is 5.91 Å². The largest absolute Gasteiger partial charge is 0.385 e. The molecule has 0 heterocycles. The quantitative estimate of drug-likeness (QED) is 0.790. The van der Waals surface area contributed by atoms with Crippen LogP contribution in [0.1, 0.15) is 16.8 Å². The second kappa shape index (κ2) is 7.22. The van der Waals surface area contributed by atoms with Crippen molar-refractivity contribution in [3.05, 3.63) is 29.8 Å². The van der Waals surface area contributed by atoms with Gasteiger partial charge in [-0.05, 0) is 42.7 Å². The van der Waals surface area contributed by atoms with Crippen LogP contribution in [0.4, 0.5) is 5.69 Å². The molecule has 4 heteroatoms. The molecule has 0 fully saturated rings. The van der Waals surface area contributed by atoms with Crippen molar-refractivity contribution in [2.45, 2.75) is 6.42 Å². The fourth-order valence-electron chi connectivity index (χ4n) is 1.44. The average molecular weight is 252 g/mol. The maximum Gasteiger partial charge on any atom is 0.253 e. The molecule has 0 saturated carbocycles. The molecule has 0 radical (unpaired) electrons. The molecule has 3 nitrogen and oxygen atoms in total. The van der Waals surface area contributed by atoms with E-state index in [9.17, 15) is 4.79 Å². The summed E-state index contributed by atoms with van der Waals surface area (Å²) in [5, 5.41) is 3.34. The highest BCUT2D eigenvalue weighted by atomic mass is 32.2. The van der Waals surface area contributed by atoms with Gasteiger partial charge in [0.15, 0.2) is 0 Å². The predicted molar refractivity (Wildman–Crippen MR) is 75.9 cm³/mol. The van der Waals surface area contributed by atoms with Crippen molar-refractivity contribution in [3.63, 3.8) is 0 Å². The lowest BCUT2D eigenvalue weighted by Gasteiger charge is -2.11. The van der Waals surface area contributed by atoms with E-state index in [-0.39, 0.29) is 5.91 Å². The summed E-state index contributed by atoms with van der Waals surface area (Å²) in [7, 11) is 3.52. The van der Waals surface area contributed by atoms with Crippen LogP contribution in [-0.2, 0) is 0 Å². The fourth-order valence-corrected chi connectivity index (χ4v) is 1.87. The van der Waals surface area contributed by atoms with Gasteiger partial charge in [-0.15, -0.1) is 0 Å². The molecule has 1 aromatic carbocycles. The summed E-state index contributed by atoms with van der Waals surface area (Å²) in [5.41, 5.74) is 1.80. The van der Waals surface area contributed by atoms with Crippen molar-refractivity contribution in [1.82, 2.24) is 4.90 Å². The zero-order valence-electron chi connectivity index (χ0n) is 10.7. The second-order valence-electron chi connectivity index (χ2n) is 4.05. The number of thioether (sulfide) groups is 1. The van der Waals surface area contributed by atoms with Crippen LogP contribution in [0, 0.1) is 0 Å². The zero-order valence-corrected chi connectivity index (χ0v) is 11.5. The molecule has 0 spiro atoms. The molecule has 1 amide bonds. The minimum Gasteiger partial charge on any atom is -0.385 e. The Morgan fingerprint density at radius 2 is 1.94 bits per heavy atom. The molecule has 0 bridgehead atoms. The lowest BCUT2D eigenvalue weighted by Crippen LogP contribution is -2.21. The van der Waals surface area contributed by atoms with Crippen LogP contribution < -0.4 is 5.32 Å². The third-order valence-electron chi connectivity index (χ3n) is 2.39. The van der Waals surface area contributed by atoms with Gasteiger partial charge in [-0.3, -0.25) is 4.79 Å². The third kappa shape index (κ3) is 4.69. The van der Waals surface area contributed by atoms with Gasteiger partial charge in [-0.25, -0.2) is 0 Å². The molecular weight excluding hydrogens is 232 g/mol. The van der Waals surface area contributed by atoms with E-state index in [1.807, 2.05) is 36.0 Å². The van der Waals surface area contributed by atoms with Crippen molar-refractivity contribution in [2.24, 2.45) is 0 Å². The van der Waals surface area contributed by atoms with Crippen molar-refractivity contribution in [1.29, 1.82) is 0 Å². The molecule has 0 unspecified atom stereocenters. The summed E-state index contributed by atoms with van der Waals surface area (Å²) in [6, 6.07) is 7.63. The first-order valence-electron chi connectivity index (χ1n) is 5.69. The first-order chi connectivity index (χ1) is 8.15. The fraction of sp³-hybridized carbons (Fsp3) is 0.462. The Balaban J connectivity index is 2.47. The molecule has 1 rings (SSSR count). The zero-order chi connectivity index (χ0) is 12.7. The minimum atomic E-state index is 0.0407. The summed E-state index contributed by atoms with van der Waals surface area (Å²) in [5.74, 6) is 1.21. The van der Waals surface area contributed by atoms with Crippen LogP contribution in [0.3, 0.4) is 0 Å². The van der Waals surface area contributed by atoms with Gasteiger partial charge in [0.2, 0.25) is 0 Å². The second-order valence-corrected chi connectivity index (χ2v) is 5.04. The number of carbonyl (C=O) groups is 1. The van der Waals surface area contributed by atoms with Crippen molar-refractivity contribution in [2.75, 3.05) is 38.0 Å². The van der Waals surface area contributed by atoms with Gasteiger partial charge in [-0.1, -0.05) is 0 Å². The summed E-state index contributed by atoms with van der Waals surface area (Å²) in [6.07, 6.45) is 3.27. The highest BCUT2D eigenvalue weighted by Crippen LogP contribution is 2.11. The lowest BCUT2D eigenvalue weighted by molar-refractivity contribution is 0.0827. The van der Waals surface area contributed by atoms with Crippen LogP contribution in [0.15, 0.2) is 24.3 Å². The van der Waals surface area contributed by atoms with Crippen molar-refractivity contribution >= 4 is 23.4 Å². The van der Waals surface area contributed by atoms with Gasteiger partial charge in [-0.2, -0.15) is 11.8 Å². The van der Waals surface area contributed by atoms with Crippen LogP contribution in [0.5, 0.6) is 0 Å². The lowest BCUT2D eigenvalue weighted by atomic mass is 10.2. The van der Waals surface area contributed by atoms with Gasteiger partial charge >= 0.3 is 0 Å². The highest BCUT2D eigenvalue weighted by Gasteiger charge is 2.06. The van der Waals surface area contributed by atoms with Gasteiger partial charge in [0.1, 0.15) is 0 Å². The number of nitrogens with zero attached hydrogens (tertiary/aromatic N) is 1. The van der Waals surface area contributed by atoms with E-state index in [4.69, 9.17) is 0 Å². The summed E-state index contributed by atoms with van der Waals surface area (Å²) < 4.78 is 0. The van der Waals surface area contributed by atoms with Crippen LogP contribution >= 0.6 is 11.8 Å². The van der Waals surface area contributed by atoms with E-state index in [1.54, 1.807) is 19.0 Å². The maximum atomic E-state index is 11.7. The average Bonchev–Trinajstić information content (AvgIpc) is 2.34. The monoisotopic (exact) mass is 252 g/mol. The molecule has 0 atom stereocenters. The Kier molecular flexibility index (Phi) is 5.91. The Morgan fingerprint density at radius 1 is 1.29 bits per heavy atom. The van der Waals surface area contributed by atoms with Crippen LogP contribution in [0.2, 0.25) is 0 Å². The van der Waals surface area contributed by atoms with Crippen LogP contribution in [-0.4, -0.2) is 43.5 Å². The smallest absolute Gasteiger partial charge is 0.253 e. The summed E-state index contributed by atoms with van der Waals surface area (Å²) in [6.45, 7) is 0.974. The van der Waals surface area contributed by atoms with Crippen LogP contribution in [0.25, 0.3) is 0 Å². The van der Waals surface area contributed by atoms with E-state index < -0.39 is 0 Å². The maximum absolute atomic E-state index is 11.7. The predicted octanol–water partition coefficient (Wildman–Crippen LogP) is 2.55. The number of anilines is 1. The van der Waals surface area contributed by atoms with Gasteiger partial charge in [0, 0.05) is 31.9 Å². The molecule has 0 aromatic heterocycles. The summed E-state index contributed by atoms with van der Waals surface area (Å²) in [4.78, 5) is 13.2. The Bertz CT molecular complexity index is 349. The number of hydrogen-bond donors (Lipinski definition) is 1. The molecule has 0 aliphatic heterocycles. The number of rotatable bonds is 6. The van der Waals surface area contributed by atoms with E-state index in [1.165, 1.54) is 5.75 Å². The van der Waals surface area contributed by atoms with Crippen molar-refractivity contribution < 1.29 is 4.79 Å². The Morgan fingerprint density at radius 3 is 2.47 bits per heavy atom. The first-order valence-corrected chi connectivity index (χ1v) is 7.09. The molecule has 17 heavy (non-hydrogen) atoms. The molecule has 0 aliphatic rings. The minimum absolute atomic E-state index is 0.0407. The van der Waals surface area contributed by atoms with Crippen molar-refractivity contribution in [3.8, 4) is 0 Å². The normalized spacial score (nSPS) is 10.1. The number of hydrogen-bond acceptors (Lipinski definition) is 3. The van der Waals surface area contributed by atoms with E-state index in [0.29, 0.717) is 0 Å². The molecule has 1 aromatic rings.